The third kappa shape index (κ3) is 5.75. The third-order valence-corrected chi connectivity index (χ3v) is 6.83. The Labute approximate surface area is 194 Å². The predicted molar refractivity (Wildman–Crippen MR) is 130 cm³/mol. The molecule has 0 aliphatic carbocycles. The van der Waals surface area contributed by atoms with Gasteiger partial charge in [0, 0.05) is 49.1 Å². The maximum atomic E-state index is 13.2. The van der Waals surface area contributed by atoms with Crippen LogP contribution < -0.4 is 4.74 Å². The van der Waals surface area contributed by atoms with Crippen LogP contribution in [0.25, 0.3) is 0 Å². The minimum Gasteiger partial charge on any atom is -0.457 e. The monoisotopic (exact) mass is 449 g/mol. The fraction of sp³-hybridized carbons (Fsp3) is 0.385. The standard InChI is InChI=1S/C26H31N3O2S/c1-26(2,3)25-27-21(19-32-25)18-28-13-8-14-29(16-15-28)24(30)20-9-7-12-23(17-20)31-22-10-5-4-6-11-22/h4-7,9-12,17,19H,8,13-16,18H2,1-3H3. The lowest BCUT2D eigenvalue weighted by Gasteiger charge is -2.22. The second-order valence-corrected chi connectivity index (χ2v) is 10.1. The number of benzene rings is 2. The molecule has 1 aliphatic heterocycles. The molecule has 0 radical (unpaired) electrons. The summed E-state index contributed by atoms with van der Waals surface area (Å²) in [6, 6.07) is 17.1. The van der Waals surface area contributed by atoms with Gasteiger partial charge in [-0.3, -0.25) is 9.69 Å². The van der Waals surface area contributed by atoms with Crippen LogP contribution in [0.3, 0.4) is 0 Å². The molecule has 1 saturated heterocycles. The van der Waals surface area contributed by atoms with Crippen LogP contribution >= 0.6 is 11.3 Å². The zero-order valence-electron chi connectivity index (χ0n) is 19.1. The zero-order valence-corrected chi connectivity index (χ0v) is 19.9. The molecule has 1 amide bonds. The van der Waals surface area contributed by atoms with Gasteiger partial charge < -0.3 is 9.64 Å². The first kappa shape index (κ1) is 22.5. The van der Waals surface area contributed by atoms with Crippen LogP contribution in [-0.2, 0) is 12.0 Å². The van der Waals surface area contributed by atoms with E-state index in [-0.39, 0.29) is 11.3 Å². The number of aromatic nitrogens is 1. The molecule has 1 aromatic heterocycles. The second kappa shape index (κ2) is 9.84. The summed E-state index contributed by atoms with van der Waals surface area (Å²) in [6.45, 7) is 10.8. The highest BCUT2D eigenvalue weighted by molar-refractivity contribution is 7.09. The number of thiazole rings is 1. The van der Waals surface area contributed by atoms with E-state index in [9.17, 15) is 4.79 Å². The van der Waals surface area contributed by atoms with E-state index >= 15 is 0 Å². The number of para-hydroxylation sites is 1. The fourth-order valence-electron chi connectivity index (χ4n) is 3.79. The van der Waals surface area contributed by atoms with Crippen molar-refractivity contribution in [2.45, 2.75) is 39.2 Å². The fourth-order valence-corrected chi connectivity index (χ4v) is 4.68. The number of carbonyl (C=O) groups is 1. The van der Waals surface area contributed by atoms with Gasteiger partial charge in [-0.05, 0) is 36.8 Å². The highest BCUT2D eigenvalue weighted by Gasteiger charge is 2.22. The van der Waals surface area contributed by atoms with Crippen molar-refractivity contribution in [1.82, 2.24) is 14.8 Å². The van der Waals surface area contributed by atoms with Gasteiger partial charge in [0.25, 0.3) is 5.91 Å². The van der Waals surface area contributed by atoms with Gasteiger partial charge in [-0.15, -0.1) is 11.3 Å². The van der Waals surface area contributed by atoms with Gasteiger partial charge in [-0.25, -0.2) is 4.98 Å². The molecule has 0 bridgehead atoms. The average Bonchev–Trinajstić information content (AvgIpc) is 3.13. The van der Waals surface area contributed by atoms with Crippen LogP contribution in [-0.4, -0.2) is 46.9 Å². The maximum absolute atomic E-state index is 13.2. The molecule has 0 atom stereocenters. The van der Waals surface area contributed by atoms with Gasteiger partial charge >= 0.3 is 0 Å². The van der Waals surface area contributed by atoms with Gasteiger partial charge in [-0.2, -0.15) is 0 Å². The van der Waals surface area contributed by atoms with Crippen LogP contribution in [0.15, 0.2) is 60.0 Å². The molecular formula is C26H31N3O2S. The minimum atomic E-state index is 0.0639. The van der Waals surface area contributed by atoms with E-state index in [0.717, 1.165) is 50.6 Å². The average molecular weight is 450 g/mol. The molecule has 5 nitrogen and oxygen atoms in total. The maximum Gasteiger partial charge on any atom is 0.254 e. The van der Waals surface area contributed by atoms with E-state index in [1.165, 1.54) is 5.01 Å². The summed E-state index contributed by atoms with van der Waals surface area (Å²) in [7, 11) is 0. The molecule has 0 saturated carbocycles. The van der Waals surface area contributed by atoms with Crippen molar-refractivity contribution in [3.05, 3.63) is 76.2 Å². The molecule has 0 N–H and O–H groups in total. The Hall–Kier alpha value is -2.70. The Morgan fingerprint density at radius 1 is 1.00 bits per heavy atom. The quantitative estimate of drug-likeness (QED) is 0.510. The van der Waals surface area contributed by atoms with Gasteiger partial charge in [0.15, 0.2) is 0 Å². The molecule has 4 rings (SSSR count). The molecule has 1 aliphatic rings. The van der Waals surface area contributed by atoms with Crippen LogP contribution in [0, 0.1) is 0 Å². The highest BCUT2D eigenvalue weighted by atomic mass is 32.1. The Morgan fingerprint density at radius 3 is 2.53 bits per heavy atom. The van der Waals surface area contributed by atoms with Crippen molar-refractivity contribution < 1.29 is 9.53 Å². The van der Waals surface area contributed by atoms with Crippen molar-refractivity contribution in [2.24, 2.45) is 0 Å². The minimum absolute atomic E-state index is 0.0639. The van der Waals surface area contributed by atoms with Crippen LogP contribution in [0.2, 0.25) is 0 Å². The lowest BCUT2D eigenvalue weighted by molar-refractivity contribution is 0.0760. The lowest BCUT2D eigenvalue weighted by Crippen LogP contribution is -2.35. The number of rotatable bonds is 5. The molecule has 0 spiro atoms. The summed E-state index contributed by atoms with van der Waals surface area (Å²) < 4.78 is 5.91. The summed E-state index contributed by atoms with van der Waals surface area (Å²) in [6.07, 6.45) is 0.961. The molecule has 32 heavy (non-hydrogen) atoms. The van der Waals surface area contributed by atoms with Crippen molar-refractivity contribution in [2.75, 3.05) is 26.2 Å². The summed E-state index contributed by atoms with van der Waals surface area (Å²) in [4.78, 5) is 22.4. The predicted octanol–water partition coefficient (Wildman–Crippen LogP) is 5.58. The van der Waals surface area contributed by atoms with Crippen LogP contribution in [0.1, 0.15) is 48.3 Å². The van der Waals surface area contributed by atoms with Crippen molar-refractivity contribution in [3.8, 4) is 11.5 Å². The Kier molecular flexibility index (Phi) is 6.92. The summed E-state index contributed by atoms with van der Waals surface area (Å²) >= 11 is 1.74. The molecule has 2 aromatic carbocycles. The number of amides is 1. The van der Waals surface area contributed by atoms with Gasteiger partial charge in [-0.1, -0.05) is 45.0 Å². The third-order valence-electron chi connectivity index (χ3n) is 5.51. The molecule has 2 heterocycles. The first-order valence-electron chi connectivity index (χ1n) is 11.2. The van der Waals surface area contributed by atoms with Gasteiger partial charge in [0.1, 0.15) is 11.5 Å². The van der Waals surface area contributed by atoms with E-state index in [4.69, 9.17) is 9.72 Å². The topological polar surface area (TPSA) is 45.7 Å². The SMILES string of the molecule is CC(C)(C)c1nc(CN2CCCN(C(=O)c3cccc(Oc4ccccc4)c3)CC2)cs1. The molecule has 1 fully saturated rings. The van der Waals surface area contributed by atoms with E-state index in [2.05, 4.69) is 31.1 Å². The highest BCUT2D eigenvalue weighted by Crippen LogP contribution is 2.26. The molecule has 0 unspecified atom stereocenters. The Balaban J connectivity index is 1.36. The van der Waals surface area contributed by atoms with E-state index < -0.39 is 0 Å². The Morgan fingerprint density at radius 2 is 1.78 bits per heavy atom. The summed E-state index contributed by atoms with van der Waals surface area (Å²) in [5.74, 6) is 1.50. The normalized spacial score (nSPS) is 15.4. The first-order valence-corrected chi connectivity index (χ1v) is 12.1. The van der Waals surface area contributed by atoms with E-state index in [0.29, 0.717) is 11.3 Å². The van der Waals surface area contributed by atoms with Crippen molar-refractivity contribution in [3.63, 3.8) is 0 Å². The number of hydrogen-bond donors (Lipinski definition) is 0. The molecule has 168 valence electrons. The van der Waals surface area contributed by atoms with Gasteiger partial charge in [0.2, 0.25) is 0 Å². The number of hydrogen-bond acceptors (Lipinski definition) is 5. The van der Waals surface area contributed by atoms with Crippen molar-refractivity contribution >= 4 is 17.2 Å². The zero-order chi connectivity index (χ0) is 22.6. The van der Waals surface area contributed by atoms with Crippen LogP contribution in [0.5, 0.6) is 11.5 Å². The van der Waals surface area contributed by atoms with Crippen LogP contribution in [0.4, 0.5) is 0 Å². The summed E-state index contributed by atoms with van der Waals surface area (Å²) in [5, 5.41) is 3.35. The second-order valence-electron chi connectivity index (χ2n) is 9.26. The van der Waals surface area contributed by atoms with Crippen molar-refractivity contribution in [1.29, 1.82) is 0 Å². The van der Waals surface area contributed by atoms with Gasteiger partial charge in [0.05, 0.1) is 10.7 Å². The number of nitrogens with zero attached hydrogens (tertiary/aromatic N) is 3. The van der Waals surface area contributed by atoms with E-state index in [1.807, 2.05) is 59.5 Å². The first-order chi connectivity index (χ1) is 15.4. The largest absolute Gasteiger partial charge is 0.457 e. The molecule has 3 aromatic rings. The molecule has 6 heteroatoms. The smallest absolute Gasteiger partial charge is 0.254 e. The lowest BCUT2D eigenvalue weighted by atomic mass is 9.98. The molecular weight excluding hydrogens is 418 g/mol. The number of ether oxygens (including phenoxy) is 1. The Bertz CT molecular complexity index is 1040. The summed E-state index contributed by atoms with van der Waals surface area (Å²) in [5.41, 5.74) is 1.88. The number of carbonyl (C=O) groups excluding carboxylic acids is 1. The van der Waals surface area contributed by atoms with E-state index in [1.54, 1.807) is 11.3 Å².